The first-order valence-corrected chi connectivity index (χ1v) is 12.3. The van der Waals surface area contributed by atoms with E-state index in [2.05, 4.69) is 19.2 Å². The van der Waals surface area contributed by atoms with Crippen LogP contribution < -0.4 is 10.1 Å². The maximum absolute atomic E-state index is 13.0. The third-order valence-corrected chi connectivity index (χ3v) is 7.58. The highest BCUT2D eigenvalue weighted by Gasteiger charge is 2.26. The van der Waals surface area contributed by atoms with Gasteiger partial charge >= 0.3 is 0 Å². The molecule has 0 aromatic heterocycles. The number of carbonyl (C=O) groups excluding carboxylic acids is 1. The zero-order valence-electron chi connectivity index (χ0n) is 18.6. The number of nitrogens with one attached hydrogen (secondary N) is 1. The number of para-hydroxylation sites is 1. The Morgan fingerprint density at radius 3 is 2.48 bits per heavy atom. The van der Waals surface area contributed by atoms with Crippen molar-refractivity contribution in [1.82, 2.24) is 4.31 Å². The second-order valence-electron chi connectivity index (χ2n) is 8.23. The molecule has 31 heavy (non-hydrogen) atoms. The Kier molecular flexibility index (Phi) is 7.73. The standard InChI is InChI=1S/C24H32N2O4S/c1-18(2)21-9-5-6-10-22(21)25-24(27)14-11-19-17-20(12-13-23(19)30-3)31(28,29)26-15-7-4-8-16-26/h5-6,9-10,12-13,17-18H,4,7-8,11,14-16H2,1-3H3,(H,25,27). The maximum Gasteiger partial charge on any atom is 0.243 e. The molecule has 0 bridgehead atoms. The van der Waals surface area contributed by atoms with E-state index >= 15 is 0 Å². The molecule has 2 aromatic rings. The Bertz CT molecular complexity index is 1010. The van der Waals surface area contributed by atoms with Crippen molar-refractivity contribution in [3.63, 3.8) is 0 Å². The molecule has 0 atom stereocenters. The normalized spacial score (nSPS) is 15.1. The van der Waals surface area contributed by atoms with Crippen molar-refractivity contribution >= 4 is 21.6 Å². The Hall–Kier alpha value is -2.38. The van der Waals surface area contributed by atoms with E-state index in [1.807, 2.05) is 24.3 Å². The molecule has 0 spiro atoms. The Morgan fingerprint density at radius 2 is 1.81 bits per heavy atom. The SMILES string of the molecule is COc1ccc(S(=O)(=O)N2CCCCC2)cc1CCC(=O)Nc1ccccc1C(C)C. The lowest BCUT2D eigenvalue weighted by Gasteiger charge is -2.26. The van der Waals surface area contributed by atoms with Crippen molar-refractivity contribution in [2.45, 2.75) is 56.8 Å². The van der Waals surface area contributed by atoms with Gasteiger partial charge in [0.2, 0.25) is 15.9 Å². The number of ether oxygens (including phenoxy) is 1. The van der Waals surface area contributed by atoms with Crippen LogP contribution in [0.2, 0.25) is 0 Å². The van der Waals surface area contributed by atoms with Crippen LogP contribution in [0.5, 0.6) is 5.75 Å². The second kappa shape index (κ2) is 10.3. The number of hydrogen-bond donors (Lipinski definition) is 1. The summed E-state index contributed by atoms with van der Waals surface area (Å²) in [7, 11) is -1.98. The number of piperidine rings is 1. The van der Waals surface area contributed by atoms with E-state index in [1.54, 1.807) is 29.6 Å². The van der Waals surface area contributed by atoms with Gasteiger partial charge in [0.25, 0.3) is 0 Å². The quantitative estimate of drug-likeness (QED) is 0.647. The molecule has 0 radical (unpaired) electrons. The maximum atomic E-state index is 13.0. The molecule has 1 fully saturated rings. The molecule has 2 aromatic carbocycles. The van der Waals surface area contributed by atoms with E-state index in [-0.39, 0.29) is 17.2 Å². The first-order valence-electron chi connectivity index (χ1n) is 10.9. The summed E-state index contributed by atoms with van der Waals surface area (Å²) in [5.74, 6) is 0.778. The summed E-state index contributed by atoms with van der Waals surface area (Å²) >= 11 is 0. The highest BCUT2D eigenvalue weighted by Crippen LogP contribution is 2.28. The molecule has 3 rings (SSSR count). The molecule has 1 N–H and O–H groups in total. The van der Waals surface area contributed by atoms with Gasteiger partial charge in [0.1, 0.15) is 5.75 Å². The highest BCUT2D eigenvalue weighted by atomic mass is 32.2. The van der Waals surface area contributed by atoms with Gasteiger partial charge in [-0.1, -0.05) is 38.5 Å². The third kappa shape index (κ3) is 5.66. The lowest BCUT2D eigenvalue weighted by molar-refractivity contribution is -0.116. The summed E-state index contributed by atoms with van der Waals surface area (Å²) in [4.78, 5) is 12.9. The van der Waals surface area contributed by atoms with E-state index in [9.17, 15) is 13.2 Å². The van der Waals surface area contributed by atoms with E-state index in [0.29, 0.717) is 36.7 Å². The molecule has 168 valence electrons. The minimum atomic E-state index is -3.53. The predicted molar refractivity (Wildman–Crippen MR) is 123 cm³/mol. The van der Waals surface area contributed by atoms with Crippen LogP contribution in [0.3, 0.4) is 0 Å². The molecule has 0 unspecified atom stereocenters. The van der Waals surface area contributed by atoms with Gasteiger partial charge < -0.3 is 10.1 Å². The van der Waals surface area contributed by atoms with E-state index in [4.69, 9.17) is 4.74 Å². The number of carbonyl (C=O) groups is 1. The molecule has 1 amide bonds. The van der Waals surface area contributed by atoms with Crippen molar-refractivity contribution in [1.29, 1.82) is 0 Å². The molecule has 1 aliphatic rings. The van der Waals surface area contributed by atoms with Crippen LogP contribution in [0, 0.1) is 0 Å². The van der Waals surface area contributed by atoms with Gasteiger partial charge in [0, 0.05) is 25.2 Å². The molecule has 0 saturated carbocycles. The van der Waals surface area contributed by atoms with Gasteiger partial charge in [-0.3, -0.25) is 4.79 Å². The van der Waals surface area contributed by atoms with Crippen LogP contribution in [-0.2, 0) is 21.2 Å². The van der Waals surface area contributed by atoms with Crippen molar-refractivity contribution in [3.05, 3.63) is 53.6 Å². The monoisotopic (exact) mass is 444 g/mol. The van der Waals surface area contributed by atoms with Crippen LogP contribution in [0.15, 0.2) is 47.4 Å². The van der Waals surface area contributed by atoms with Crippen LogP contribution in [0.25, 0.3) is 0 Å². The zero-order chi connectivity index (χ0) is 22.4. The van der Waals surface area contributed by atoms with Gasteiger partial charge in [-0.05, 0) is 60.6 Å². The van der Waals surface area contributed by atoms with Gasteiger partial charge in [-0.15, -0.1) is 0 Å². The van der Waals surface area contributed by atoms with Gasteiger partial charge in [0.15, 0.2) is 0 Å². The number of hydrogen-bond acceptors (Lipinski definition) is 4. The van der Waals surface area contributed by atoms with Crippen molar-refractivity contribution in [2.75, 3.05) is 25.5 Å². The second-order valence-corrected chi connectivity index (χ2v) is 10.2. The fraction of sp³-hybridized carbons (Fsp3) is 0.458. The molecule has 1 saturated heterocycles. The molecular weight excluding hydrogens is 412 g/mol. The summed E-state index contributed by atoms with van der Waals surface area (Å²) in [5.41, 5.74) is 2.62. The summed E-state index contributed by atoms with van der Waals surface area (Å²) < 4.78 is 33.0. The molecule has 7 heteroatoms. The van der Waals surface area contributed by atoms with E-state index < -0.39 is 10.0 Å². The first kappa shape index (κ1) is 23.3. The first-order chi connectivity index (χ1) is 14.8. The highest BCUT2D eigenvalue weighted by molar-refractivity contribution is 7.89. The van der Waals surface area contributed by atoms with Gasteiger partial charge in [-0.2, -0.15) is 4.31 Å². The Morgan fingerprint density at radius 1 is 1.10 bits per heavy atom. The third-order valence-electron chi connectivity index (χ3n) is 5.68. The van der Waals surface area contributed by atoms with Gasteiger partial charge in [-0.25, -0.2) is 8.42 Å². The largest absolute Gasteiger partial charge is 0.496 e. The van der Waals surface area contributed by atoms with E-state index in [1.165, 1.54) is 0 Å². The van der Waals surface area contributed by atoms with Crippen LogP contribution in [-0.4, -0.2) is 38.8 Å². The van der Waals surface area contributed by atoms with Crippen LogP contribution in [0.4, 0.5) is 5.69 Å². The molecule has 0 aliphatic carbocycles. The number of sulfonamides is 1. The topological polar surface area (TPSA) is 75.7 Å². The minimum absolute atomic E-state index is 0.112. The summed E-state index contributed by atoms with van der Waals surface area (Å²) in [6.07, 6.45) is 3.47. The number of rotatable bonds is 8. The average Bonchev–Trinajstić information content (AvgIpc) is 2.78. The van der Waals surface area contributed by atoms with E-state index in [0.717, 1.165) is 30.5 Å². The zero-order valence-corrected chi connectivity index (χ0v) is 19.4. The van der Waals surface area contributed by atoms with Gasteiger partial charge in [0.05, 0.1) is 12.0 Å². The molecule has 1 aliphatic heterocycles. The summed E-state index contributed by atoms with van der Waals surface area (Å²) in [6.45, 7) is 5.29. The average molecular weight is 445 g/mol. The summed E-state index contributed by atoms with van der Waals surface area (Å²) in [5, 5.41) is 2.99. The Balaban J connectivity index is 1.74. The fourth-order valence-electron chi connectivity index (χ4n) is 3.94. The number of aryl methyl sites for hydroxylation is 1. The number of benzene rings is 2. The van der Waals surface area contributed by atoms with Crippen LogP contribution in [0.1, 0.15) is 56.6 Å². The summed E-state index contributed by atoms with van der Waals surface area (Å²) in [6, 6.07) is 12.7. The number of amides is 1. The van der Waals surface area contributed by atoms with Crippen LogP contribution >= 0.6 is 0 Å². The van der Waals surface area contributed by atoms with Crippen molar-refractivity contribution < 1.29 is 17.9 Å². The Labute approximate surface area is 185 Å². The number of nitrogens with zero attached hydrogens (tertiary/aromatic N) is 1. The lowest BCUT2D eigenvalue weighted by Crippen LogP contribution is -2.35. The molecular formula is C24H32N2O4S. The van der Waals surface area contributed by atoms with Crippen molar-refractivity contribution in [3.8, 4) is 5.75 Å². The number of anilines is 1. The fourth-order valence-corrected chi connectivity index (χ4v) is 5.51. The smallest absolute Gasteiger partial charge is 0.243 e. The lowest BCUT2D eigenvalue weighted by atomic mass is 10.0. The number of methoxy groups -OCH3 is 1. The predicted octanol–water partition coefficient (Wildman–Crippen LogP) is 4.56. The minimum Gasteiger partial charge on any atom is -0.496 e. The molecule has 6 nitrogen and oxygen atoms in total. The van der Waals surface area contributed by atoms with Crippen molar-refractivity contribution in [2.24, 2.45) is 0 Å². The molecule has 1 heterocycles.